The summed E-state index contributed by atoms with van der Waals surface area (Å²) in [6, 6.07) is 0. The van der Waals surface area contributed by atoms with Crippen molar-refractivity contribution in [1.29, 1.82) is 0 Å². The second-order valence-electron chi connectivity index (χ2n) is 2.50. The van der Waals surface area contributed by atoms with Gasteiger partial charge in [-0.3, -0.25) is 0 Å². The Kier molecular flexibility index (Phi) is 5.97. The predicted molar refractivity (Wildman–Crippen MR) is 49.5 cm³/mol. The molecule has 0 bridgehead atoms. The minimum Gasteiger partial charge on any atom is -0.311 e. The van der Waals surface area contributed by atoms with Gasteiger partial charge in [-0.05, 0) is 14.1 Å². The molecule has 3 heteroatoms. The Morgan fingerprint density at radius 1 is 1.60 bits per heavy atom. The van der Waals surface area contributed by atoms with Gasteiger partial charge in [0, 0.05) is 24.1 Å². The van der Waals surface area contributed by atoms with E-state index in [9.17, 15) is 0 Å². The van der Waals surface area contributed by atoms with Crippen molar-refractivity contribution in [2.45, 2.75) is 0 Å². The molecule has 0 atom stereocenters. The van der Waals surface area contributed by atoms with E-state index in [0.29, 0.717) is 0 Å². The fourth-order valence-electron chi connectivity index (χ4n) is 0.527. The largest absolute Gasteiger partial charge is 0.311 e. The molecule has 0 aliphatic heterocycles. The van der Waals surface area contributed by atoms with Crippen LogP contribution >= 0.6 is 15.9 Å². The Morgan fingerprint density at radius 3 is 2.60 bits per heavy atom. The lowest BCUT2D eigenvalue weighted by molar-refractivity contribution is 0.404. The van der Waals surface area contributed by atoms with E-state index in [-0.39, 0.29) is 0 Å². The number of nitrogens with one attached hydrogen (secondary N) is 1. The van der Waals surface area contributed by atoms with Gasteiger partial charge in [0.05, 0.1) is 0 Å². The van der Waals surface area contributed by atoms with Gasteiger partial charge in [0.1, 0.15) is 0 Å². The quantitative estimate of drug-likeness (QED) is 0.678. The molecule has 0 unspecified atom stereocenters. The minimum absolute atomic E-state index is 0.855. The molecule has 0 fully saturated rings. The lowest BCUT2D eigenvalue weighted by Crippen LogP contribution is -2.27. The Bertz CT molecular complexity index is 102. The summed E-state index contributed by atoms with van der Waals surface area (Å²) in [6.07, 6.45) is 0. The third-order valence-corrected chi connectivity index (χ3v) is 1.33. The number of rotatable bonds is 5. The third kappa shape index (κ3) is 8.14. The molecule has 10 heavy (non-hydrogen) atoms. The van der Waals surface area contributed by atoms with Crippen LogP contribution in [0, 0.1) is 0 Å². The molecule has 0 amide bonds. The topological polar surface area (TPSA) is 15.3 Å². The predicted octanol–water partition coefficient (Wildman–Crippen LogP) is 1.05. The zero-order valence-electron chi connectivity index (χ0n) is 6.65. The highest BCUT2D eigenvalue weighted by molar-refractivity contribution is 9.11. The highest BCUT2D eigenvalue weighted by Crippen LogP contribution is 1.95. The lowest BCUT2D eigenvalue weighted by atomic mass is 10.5. The first-order valence-corrected chi connectivity index (χ1v) is 4.11. The molecule has 2 nitrogen and oxygen atoms in total. The first-order valence-electron chi connectivity index (χ1n) is 3.31. The average Bonchev–Trinajstić information content (AvgIpc) is 1.79. The third-order valence-electron chi connectivity index (χ3n) is 1.05. The van der Waals surface area contributed by atoms with E-state index in [0.717, 1.165) is 24.1 Å². The molecule has 0 saturated heterocycles. The van der Waals surface area contributed by atoms with Gasteiger partial charge >= 0.3 is 0 Å². The molecule has 0 aromatic rings. The van der Waals surface area contributed by atoms with E-state index in [2.05, 4.69) is 46.8 Å². The SMILES string of the molecule is C=C(Br)CNCCN(C)C. The smallest absolute Gasteiger partial charge is 0.0266 e. The Hall–Kier alpha value is 0.140. The molecular formula is C7H15BrN2. The second-order valence-corrected chi connectivity index (χ2v) is 3.62. The van der Waals surface area contributed by atoms with Gasteiger partial charge in [0.2, 0.25) is 0 Å². The summed E-state index contributed by atoms with van der Waals surface area (Å²) < 4.78 is 1.01. The normalized spacial score (nSPS) is 10.4. The number of likely N-dealkylation sites (N-methyl/N-ethyl adjacent to an activating group) is 1. The molecule has 0 aliphatic carbocycles. The Labute approximate surface area is 71.4 Å². The molecule has 0 aliphatic rings. The van der Waals surface area contributed by atoms with E-state index >= 15 is 0 Å². The second kappa shape index (κ2) is 5.89. The van der Waals surface area contributed by atoms with Gasteiger partial charge < -0.3 is 10.2 Å². The monoisotopic (exact) mass is 206 g/mol. The van der Waals surface area contributed by atoms with E-state index < -0.39 is 0 Å². The van der Waals surface area contributed by atoms with E-state index in [1.807, 2.05) is 0 Å². The number of hydrogen-bond acceptors (Lipinski definition) is 2. The van der Waals surface area contributed by atoms with Crippen molar-refractivity contribution in [2.75, 3.05) is 33.7 Å². The van der Waals surface area contributed by atoms with Crippen molar-refractivity contribution in [3.8, 4) is 0 Å². The number of hydrogen-bond donors (Lipinski definition) is 1. The summed E-state index contributed by atoms with van der Waals surface area (Å²) in [5.41, 5.74) is 0. The van der Waals surface area contributed by atoms with Crippen molar-refractivity contribution < 1.29 is 0 Å². The molecule has 0 aromatic carbocycles. The highest BCUT2D eigenvalue weighted by Gasteiger charge is 1.89. The van der Waals surface area contributed by atoms with Crippen LogP contribution in [0.1, 0.15) is 0 Å². The maximum Gasteiger partial charge on any atom is 0.0266 e. The summed E-state index contributed by atoms with van der Waals surface area (Å²) in [5, 5.41) is 3.23. The van der Waals surface area contributed by atoms with Gasteiger partial charge in [-0.1, -0.05) is 22.5 Å². The Morgan fingerprint density at radius 2 is 2.20 bits per heavy atom. The number of halogens is 1. The molecule has 0 aromatic heterocycles. The summed E-state index contributed by atoms with van der Waals surface area (Å²) in [4.78, 5) is 2.14. The number of nitrogens with zero attached hydrogens (tertiary/aromatic N) is 1. The Balaban J connectivity index is 2.98. The summed E-state index contributed by atoms with van der Waals surface area (Å²) in [7, 11) is 4.12. The first kappa shape index (κ1) is 10.1. The minimum atomic E-state index is 0.855. The fourth-order valence-corrected chi connectivity index (χ4v) is 0.725. The first-order chi connectivity index (χ1) is 4.63. The van der Waals surface area contributed by atoms with Crippen LogP contribution in [-0.4, -0.2) is 38.6 Å². The maximum atomic E-state index is 3.71. The average molecular weight is 207 g/mol. The molecule has 0 heterocycles. The molecule has 0 saturated carbocycles. The maximum absolute atomic E-state index is 3.71. The van der Waals surface area contributed by atoms with Crippen LogP contribution in [0.15, 0.2) is 11.1 Å². The molecule has 0 radical (unpaired) electrons. The van der Waals surface area contributed by atoms with Gasteiger partial charge in [-0.15, -0.1) is 0 Å². The molecule has 0 rings (SSSR count). The van der Waals surface area contributed by atoms with Gasteiger partial charge in [-0.2, -0.15) is 0 Å². The van der Waals surface area contributed by atoms with Crippen LogP contribution in [0.25, 0.3) is 0 Å². The van der Waals surface area contributed by atoms with E-state index in [1.54, 1.807) is 0 Å². The summed E-state index contributed by atoms with van der Waals surface area (Å²) in [6.45, 7) is 6.65. The van der Waals surface area contributed by atoms with Crippen molar-refractivity contribution in [1.82, 2.24) is 10.2 Å². The van der Waals surface area contributed by atoms with Crippen molar-refractivity contribution >= 4 is 15.9 Å². The van der Waals surface area contributed by atoms with Crippen LogP contribution in [0.3, 0.4) is 0 Å². The van der Waals surface area contributed by atoms with E-state index in [1.165, 1.54) is 0 Å². The van der Waals surface area contributed by atoms with Gasteiger partial charge in [0.25, 0.3) is 0 Å². The summed E-state index contributed by atoms with van der Waals surface area (Å²) in [5.74, 6) is 0. The zero-order valence-corrected chi connectivity index (χ0v) is 8.24. The van der Waals surface area contributed by atoms with Crippen molar-refractivity contribution in [3.05, 3.63) is 11.1 Å². The summed E-state index contributed by atoms with van der Waals surface area (Å²) >= 11 is 3.27. The zero-order chi connectivity index (χ0) is 7.98. The molecule has 0 spiro atoms. The van der Waals surface area contributed by atoms with Gasteiger partial charge in [0.15, 0.2) is 0 Å². The van der Waals surface area contributed by atoms with Crippen LogP contribution in [0.4, 0.5) is 0 Å². The lowest BCUT2D eigenvalue weighted by Gasteiger charge is -2.09. The fraction of sp³-hybridized carbons (Fsp3) is 0.714. The van der Waals surface area contributed by atoms with Gasteiger partial charge in [-0.25, -0.2) is 0 Å². The standard InChI is InChI=1S/C7H15BrN2/c1-7(8)6-9-4-5-10(2)3/h9H,1,4-6H2,2-3H3. The van der Waals surface area contributed by atoms with Crippen LogP contribution in [0.5, 0.6) is 0 Å². The van der Waals surface area contributed by atoms with E-state index in [4.69, 9.17) is 0 Å². The molecule has 60 valence electrons. The molecular weight excluding hydrogens is 192 g/mol. The van der Waals surface area contributed by atoms with Crippen LogP contribution < -0.4 is 5.32 Å². The molecule has 1 N–H and O–H groups in total. The highest BCUT2D eigenvalue weighted by atomic mass is 79.9. The van der Waals surface area contributed by atoms with Crippen LogP contribution in [0.2, 0.25) is 0 Å². The van der Waals surface area contributed by atoms with Crippen LogP contribution in [-0.2, 0) is 0 Å². The van der Waals surface area contributed by atoms with Crippen molar-refractivity contribution in [2.24, 2.45) is 0 Å². The van der Waals surface area contributed by atoms with Crippen molar-refractivity contribution in [3.63, 3.8) is 0 Å².